The fraction of sp³-hybridized carbons (Fsp3) is 0.857. The molecule has 0 saturated carbocycles. The summed E-state index contributed by atoms with van der Waals surface area (Å²) in [5.74, 6) is 0.118. The first-order valence-corrected chi connectivity index (χ1v) is 7.09. The molecular formula is C14H26N2O3. The Kier molecular flexibility index (Phi) is 5.79. The Balaban J connectivity index is 2.98. The van der Waals surface area contributed by atoms with Crippen molar-refractivity contribution in [1.82, 2.24) is 10.2 Å². The van der Waals surface area contributed by atoms with E-state index >= 15 is 0 Å². The largest absolute Gasteiger partial charge is 0.383 e. The Hall–Kier alpha value is -1.10. The van der Waals surface area contributed by atoms with Crippen molar-refractivity contribution >= 4 is 11.8 Å². The van der Waals surface area contributed by atoms with E-state index in [9.17, 15) is 9.59 Å². The predicted octanol–water partition coefficient (Wildman–Crippen LogP) is 1.17. The van der Waals surface area contributed by atoms with E-state index in [-0.39, 0.29) is 29.8 Å². The summed E-state index contributed by atoms with van der Waals surface area (Å²) in [5, 5.41) is 2.87. The van der Waals surface area contributed by atoms with E-state index in [4.69, 9.17) is 4.74 Å². The standard InChI is InChI=1S/C14H26N2O3/c1-6-9(3)12-14(18)16(10(4)8-19-5)11(7-2)13(17)15-12/h9-12H,6-8H2,1-5H3,(H,15,17). The molecule has 0 aromatic heterocycles. The van der Waals surface area contributed by atoms with Gasteiger partial charge in [-0.05, 0) is 19.3 Å². The smallest absolute Gasteiger partial charge is 0.246 e. The average Bonchev–Trinajstić information content (AvgIpc) is 2.39. The van der Waals surface area contributed by atoms with Crippen molar-refractivity contribution in [2.24, 2.45) is 5.92 Å². The van der Waals surface area contributed by atoms with Gasteiger partial charge in [0.1, 0.15) is 12.1 Å². The zero-order valence-corrected chi connectivity index (χ0v) is 12.6. The van der Waals surface area contributed by atoms with Crippen LogP contribution in [0.25, 0.3) is 0 Å². The first-order chi connectivity index (χ1) is 8.97. The van der Waals surface area contributed by atoms with Gasteiger partial charge in [0.2, 0.25) is 11.8 Å². The Morgan fingerprint density at radius 3 is 2.42 bits per heavy atom. The highest BCUT2D eigenvalue weighted by Crippen LogP contribution is 2.21. The second kappa shape index (κ2) is 6.89. The summed E-state index contributed by atoms with van der Waals surface area (Å²) in [4.78, 5) is 26.5. The van der Waals surface area contributed by atoms with Gasteiger partial charge >= 0.3 is 0 Å². The Morgan fingerprint density at radius 1 is 1.32 bits per heavy atom. The monoisotopic (exact) mass is 270 g/mol. The molecule has 0 aromatic rings. The van der Waals surface area contributed by atoms with Gasteiger partial charge in [-0.15, -0.1) is 0 Å². The average molecular weight is 270 g/mol. The van der Waals surface area contributed by atoms with Crippen molar-refractivity contribution in [2.75, 3.05) is 13.7 Å². The van der Waals surface area contributed by atoms with Gasteiger partial charge in [0.15, 0.2) is 0 Å². The number of rotatable bonds is 6. The van der Waals surface area contributed by atoms with Crippen LogP contribution in [0.2, 0.25) is 0 Å². The summed E-state index contributed by atoms with van der Waals surface area (Å²) < 4.78 is 5.13. The maximum absolute atomic E-state index is 12.6. The van der Waals surface area contributed by atoms with Gasteiger partial charge in [-0.2, -0.15) is 0 Å². The topological polar surface area (TPSA) is 58.6 Å². The van der Waals surface area contributed by atoms with Crippen LogP contribution in [-0.4, -0.2) is 48.6 Å². The van der Waals surface area contributed by atoms with Crippen molar-refractivity contribution < 1.29 is 14.3 Å². The van der Waals surface area contributed by atoms with Crippen LogP contribution >= 0.6 is 0 Å². The number of piperazine rings is 1. The molecule has 0 aromatic carbocycles. The van der Waals surface area contributed by atoms with Gasteiger partial charge in [0, 0.05) is 7.11 Å². The van der Waals surface area contributed by atoms with Crippen LogP contribution < -0.4 is 5.32 Å². The summed E-state index contributed by atoms with van der Waals surface area (Å²) in [5.41, 5.74) is 0. The first-order valence-electron chi connectivity index (χ1n) is 7.09. The molecule has 1 aliphatic heterocycles. The van der Waals surface area contributed by atoms with Crippen LogP contribution in [-0.2, 0) is 14.3 Å². The lowest BCUT2D eigenvalue weighted by molar-refractivity contribution is -0.154. The van der Waals surface area contributed by atoms with E-state index < -0.39 is 6.04 Å². The number of ether oxygens (including phenoxy) is 1. The second-order valence-corrected chi connectivity index (χ2v) is 5.35. The third-order valence-electron chi connectivity index (χ3n) is 3.94. The molecule has 4 atom stereocenters. The molecule has 0 radical (unpaired) electrons. The number of nitrogens with one attached hydrogen (secondary N) is 1. The molecule has 1 aliphatic rings. The van der Waals surface area contributed by atoms with Gasteiger partial charge in [0.25, 0.3) is 0 Å². The minimum absolute atomic E-state index is 0.0188. The Labute approximate surface area is 115 Å². The highest BCUT2D eigenvalue weighted by Gasteiger charge is 2.43. The van der Waals surface area contributed by atoms with Gasteiger partial charge in [-0.1, -0.05) is 27.2 Å². The van der Waals surface area contributed by atoms with E-state index in [1.165, 1.54) is 0 Å². The highest BCUT2D eigenvalue weighted by atomic mass is 16.5. The van der Waals surface area contributed by atoms with Crippen LogP contribution in [0.5, 0.6) is 0 Å². The van der Waals surface area contributed by atoms with Crippen LogP contribution in [0.3, 0.4) is 0 Å². The zero-order valence-electron chi connectivity index (χ0n) is 12.6. The van der Waals surface area contributed by atoms with E-state index in [2.05, 4.69) is 5.32 Å². The van der Waals surface area contributed by atoms with Crippen LogP contribution in [0.15, 0.2) is 0 Å². The van der Waals surface area contributed by atoms with E-state index in [1.807, 2.05) is 27.7 Å². The molecule has 110 valence electrons. The Bertz CT molecular complexity index is 333. The van der Waals surface area contributed by atoms with E-state index in [0.717, 1.165) is 6.42 Å². The van der Waals surface area contributed by atoms with Crippen LogP contribution in [0, 0.1) is 5.92 Å². The molecule has 1 N–H and O–H groups in total. The van der Waals surface area contributed by atoms with Gasteiger partial charge in [-0.3, -0.25) is 9.59 Å². The minimum atomic E-state index is -0.403. The summed E-state index contributed by atoms with van der Waals surface area (Å²) in [7, 11) is 1.61. The maximum Gasteiger partial charge on any atom is 0.246 e. The lowest BCUT2D eigenvalue weighted by atomic mass is 9.92. The molecule has 5 heteroatoms. The fourth-order valence-corrected chi connectivity index (χ4v) is 2.60. The first kappa shape index (κ1) is 16.0. The molecule has 19 heavy (non-hydrogen) atoms. The molecule has 1 rings (SSSR count). The molecule has 1 heterocycles. The summed E-state index contributed by atoms with van der Waals surface area (Å²) in [6.07, 6.45) is 1.48. The number of methoxy groups -OCH3 is 1. The highest BCUT2D eigenvalue weighted by molar-refractivity contribution is 5.97. The quantitative estimate of drug-likeness (QED) is 0.788. The SMILES string of the molecule is CCC(C)C1NC(=O)C(CC)N(C(C)COC)C1=O. The molecule has 5 nitrogen and oxygen atoms in total. The molecule has 2 amide bonds. The third kappa shape index (κ3) is 3.26. The predicted molar refractivity (Wildman–Crippen MR) is 73.6 cm³/mol. The van der Waals surface area contributed by atoms with Crippen molar-refractivity contribution in [3.05, 3.63) is 0 Å². The minimum Gasteiger partial charge on any atom is -0.383 e. The molecular weight excluding hydrogens is 244 g/mol. The fourth-order valence-electron chi connectivity index (χ4n) is 2.60. The van der Waals surface area contributed by atoms with Gasteiger partial charge in [0.05, 0.1) is 12.6 Å². The van der Waals surface area contributed by atoms with Gasteiger partial charge < -0.3 is 15.0 Å². The molecule has 0 aliphatic carbocycles. The summed E-state index contributed by atoms with van der Waals surface area (Å²) in [6, 6.07) is -0.863. The van der Waals surface area contributed by atoms with Crippen LogP contribution in [0.4, 0.5) is 0 Å². The van der Waals surface area contributed by atoms with Crippen molar-refractivity contribution in [3.63, 3.8) is 0 Å². The molecule has 1 saturated heterocycles. The number of hydrogen-bond acceptors (Lipinski definition) is 3. The third-order valence-corrected chi connectivity index (χ3v) is 3.94. The molecule has 4 unspecified atom stereocenters. The number of amides is 2. The molecule has 0 bridgehead atoms. The lowest BCUT2D eigenvalue weighted by Crippen LogP contribution is -2.67. The zero-order chi connectivity index (χ0) is 14.6. The lowest BCUT2D eigenvalue weighted by Gasteiger charge is -2.43. The molecule has 1 fully saturated rings. The maximum atomic E-state index is 12.6. The molecule has 0 spiro atoms. The Morgan fingerprint density at radius 2 is 1.95 bits per heavy atom. The second-order valence-electron chi connectivity index (χ2n) is 5.35. The number of carbonyl (C=O) groups is 2. The number of carbonyl (C=O) groups excluding carboxylic acids is 2. The number of nitrogens with zero attached hydrogens (tertiary/aromatic N) is 1. The van der Waals surface area contributed by atoms with Crippen molar-refractivity contribution in [3.8, 4) is 0 Å². The normalized spacial score (nSPS) is 27.1. The number of hydrogen-bond donors (Lipinski definition) is 1. The summed E-state index contributed by atoms with van der Waals surface area (Å²) >= 11 is 0. The van der Waals surface area contributed by atoms with Gasteiger partial charge in [-0.25, -0.2) is 0 Å². The van der Waals surface area contributed by atoms with Crippen molar-refractivity contribution in [2.45, 2.75) is 58.7 Å². The van der Waals surface area contributed by atoms with Crippen molar-refractivity contribution in [1.29, 1.82) is 0 Å². The van der Waals surface area contributed by atoms with E-state index in [1.54, 1.807) is 12.0 Å². The summed E-state index contributed by atoms with van der Waals surface area (Å²) in [6.45, 7) is 8.32. The van der Waals surface area contributed by atoms with Crippen LogP contribution in [0.1, 0.15) is 40.5 Å². The van der Waals surface area contributed by atoms with E-state index in [0.29, 0.717) is 13.0 Å².